The number of hydrogen-bond donors (Lipinski definition) is 2. The predicted molar refractivity (Wildman–Crippen MR) is 102 cm³/mol. The van der Waals surface area contributed by atoms with Gasteiger partial charge in [-0.15, -0.1) is 0 Å². The van der Waals surface area contributed by atoms with E-state index in [2.05, 4.69) is 10.6 Å². The van der Waals surface area contributed by atoms with Crippen LogP contribution in [0.1, 0.15) is 5.56 Å². The van der Waals surface area contributed by atoms with E-state index < -0.39 is 0 Å². The summed E-state index contributed by atoms with van der Waals surface area (Å²) in [6, 6.07) is 13.5. The van der Waals surface area contributed by atoms with Crippen molar-refractivity contribution in [3.8, 4) is 5.75 Å². The van der Waals surface area contributed by atoms with Gasteiger partial charge in [-0.05, 0) is 37.2 Å². The number of benzene rings is 2. The molecule has 0 saturated heterocycles. The van der Waals surface area contributed by atoms with Crippen LogP contribution in [0, 0.1) is 5.82 Å². The minimum atomic E-state index is -0.280. The lowest BCUT2D eigenvalue weighted by Crippen LogP contribution is -2.39. The topological polar surface area (TPSA) is 70.7 Å². The van der Waals surface area contributed by atoms with Crippen molar-refractivity contribution in [1.82, 2.24) is 10.2 Å². The van der Waals surface area contributed by atoms with Crippen molar-refractivity contribution in [1.29, 1.82) is 0 Å². The summed E-state index contributed by atoms with van der Waals surface area (Å²) in [6.45, 7) is 0.477. The Morgan fingerprint density at radius 2 is 1.81 bits per heavy atom. The molecule has 2 N–H and O–H groups in total. The zero-order valence-electron chi connectivity index (χ0n) is 15.5. The fourth-order valence-electron chi connectivity index (χ4n) is 2.54. The number of carbonyl (C=O) groups excluding carboxylic acids is 2. The highest BCUT2D eigenvalue weighted by atomic mass is 19.1. The third-order valence-corrected chi connectivity index (χ3v) is 3.85. The van der Waals surface area contributed by atoms with E-state index in [9.17, 15) is 14.0 Å². The molecule has 0 fully saturated rings. The third kappa shape index (κ3) is 7.07. The Morgan fingerprint density at radius 3 is 2.56 bits per heavy atom. The first-order valence-corrected chi connectivity index (χ1v) is 8.60. The van der Waals surface area contributed by atoms with Crippen molar-refractivity contribution in [2.75, 3.05) is 39.1 Å². The van der Waals surface area contributed by atoms with Gasteiger partial charge in [-0.2, -0.15) is 0 Å². The van der Waals surface area contributed by atoms with E-state index in [1.165, 1.54) is 6.07 Å². The number of ether oxygens (including phenoxy) is 1. The maximum atomic E-state index is 13.5. The molecule has 144 valence electrons. The van der Waals surface area contributed by atoms with Crippen LogP contribution in [-0.4, -0.2) is 50.5 Å². The second-order valence-electron chi connectivity index (χ2n) is 6.14. The number of carbonyl (C=O) groups is 2. The fourth-order valence-corrected chi connectivity index (χ4v) is 2.54. The van der Waals surface area contributed by atoms with Crippen LogP contribution in [0.15, 0.2) is 48.5 Å². The molecular weight excluding hydrogens is 349 g/mol. The van der Waals surface area contributed by atoms with Gasteiger partial charge in [0.1, 0.15) is 11.6 Å². The summed E-state index contributed by atoms with van der Waals surface area (Å²) in [6.07, 6.45) is 0.415. The Hall–Kier alpha value is -2.93. The zero-order valence-corrected chi connectivity index (χ0v) is 15.5. The average molecular weight is 373 g/mol. The summed E-state index contributed by atoms with van der Waals surface area (Å²) in [7, 11) is 3.24. The number of methoxy groups -OCH3 is 1. The van der Waals surface area contributed by atoms with Crippen molar-refractivity contribution in [3.05, 3.63) is 59.9 Å². The van der Waals surface area contributed by atoms with Crippen LogP contribution in [0.25, 0.3) is 0 Å². The van der Waals surface area contributed by atoms with Gasteiger partial charge in [0.05, 0.1) is 20.2 Å². The molecule has 2 aromatic carbocycles. The van der Waals surface area contributed by atoms with Crippen LogP contribution >= 0.6 is 0 Å². The van der Waals surface area contributed by atoms with Gasteiger partial charge in [-0.1, -0.05) is 24.3 Å². The number of hydrogen-bond acceptors (Lipinski definition) is 4. The van der Waals surface area contributed by atoms with Crippen LogP contribution in [0.4, 0.5) is 10.1 Å². The van der Waals surface area contributed by atoms with Gasteiger partial charge in [0.15, 0.2) is 0 Å². The second kappa shape index (κ2) is 10.3. The number of rotatable bonds is 9. The standard InChI is InChI=1S/C20H24FN3O3/c1-24(14-20(26)23-16-7-5-8-17(12-16)27-2)13-19(25)22-11-10-15-6-3-4-9-18(15)21/h3-9,12H,10-11,13-14H2,1-2H3,(H,22,25)(H,23,26). The predicted octanol–water partition coefficient (Wildman–Crippen LogP) is 2.06. The molecule has 2 aromatic rings. The number of nitrogens with one attached hydrogen (secondary N) is 2. The van der Waals surface area contributed by atoms with Crippen LogP contribution in [-0.2, 0) is 16.0 Å². The van der Waals surface area contributed by atoms with Crippen molar-refractivity contribution in [2.24, 2.45) is 0 Å². The number of likely N-dealkylation sites (N-methyl/N-ethyl adjacent to an activating group) is 1. The number of nitrogens with zero attached hydrogens (tertiary/aromatic N) is 1. The molecule has 0 bridgehead atoms. The van der Waals surface area contributed by atoms with E-state index in [-0.39, 0.29) is 30.7 Å². The largest absolute Gasteiger partial charge is 0.497 e. The lowest BCUT2D eigenvalue weighted by Gasteiger charge is -2.16. The molecule has 27 heavy (non-hydrogen) atoms. The van der Waals surface area contributed by atoms with E-state index >= 15 is 0 Å². The number of anilines is 1. The van der Waals surface area contributed by atoms with Gasteiger partial charge >= 0.3 is 0 Å². The lowest BCUT2D eigenvalue weighted by atomic mass is 10.1. The van der Waals surface area contributed by atoms with E-state index in [1.54, 1.807) is 61.5 Å². The Labute approximate surface area is 158 Å². The Bertz CT molecular complexity index is 783. The molecule has 2 amide bonds. The average Bonchev–Trinajstić information content (AvgIpc) is 2.63. The highest BCUT2D eigenvalue weighted by molar-refractivity contribution is 5.92. The molecule has 7 heteroatoms. The number of amides is 2. The van der Waals surface area contributed by atoms with Crippen molar-refractivity contribution >= 4 is 17.5 Å². The highest BCUT2D eigenvalue weighted by Gasteiger charge is 2.11. The van der Waals surface area contributed by atoms with Gasteiger partial charge < -0.3 is 15.4 Å². The van der Waals surface area contributed by atoms with Gasteiger partial charge in [0.25, 0.3) is 0 Å². The molecule has 0 spiro atoms. The Morgan fingerprint density at radius 1 is 1.07 bits per heavy atom. The van der Waals surface area contributed by atoms with Gasteiger partial charge in [0, 0.05) is 18.3 Å². The minimum absolute atomic E-state index is 0.0674. The normalized spacial score (nSPS) is 10.5. The summed E-state index contributed by atoms with van der Waals surface area (Å²) in [5.74, 6) is -0.0820. The summed E-state index contributed by atoms with van der Waals surface area (Å²) >= 11 is 0. The first-order chi connectivity index (χ1) is 13.0. The molecule has 0 aliphatic rings. The van der Waals surface area contributed by atoms with E-state index in [0.29, 0.717) is 30.0 Å². The van der Waals surface area contributed by atoms with Crippen LogP contribution in [0.5, 0.6) is 5.75 Å². The van der Waals surface area contributed by atoms with Gasteiger partial charge in [0.2, 0.25) is 11.8 Å². The molecule has 2 rings (SSSR count). The molecule has 0 radical (unpaired) electrons. The van der Waals surface area contributed by atoms with Crippen molar-refractivity contribution in [3.63, 3.8) is 0 Å². The van der Waals surface area contributed by atoms with Crippen molar-refractivity contribution in [2.45, 2.75) is 6.42 Å². The summed E-state index contributed by atoms with van der Waals surface area (Å²) in [4.78, 5) is 25.6. The van der Waals surface area contributed by atoms with Crippen LogP contribution in [0.3, 0.4) is 0 Å². The highest BCUT2D eigenvalue weighted by Crippen LogP contribution is 2.16. The Kier molecular flexibility index (Phi) is 7.76. The van der Waals surface area contributed by atoms with E-state index in [1.807, 2.05) is 0 Å². The zero-order chi connectivity index (χ0) is 19.6. The van der Waals surface area contributed by atoms with E-state index in [0.717, 1.165) is 0 Å². The molecule has 0 aliphatic carbocycles. The molecule has 0 saturated carbocycles. The summed E-state index contributed by atoms with van der Waals surface area (Å²) in [5.41, 5.74) is 1.19. The third-order valence-electron chi connectivity index (χ3n) is 3.85. The fraction of sp³-hybridized carbons (Fsp3) is 0.300. The maximum Gasteiger partial charge on any atom is 0.238 e. The molecule has 0 heterocycles. The quantitative estimate of drug-likeness (QED) is 0.706. The molecule has 6 nitrogen and oxygen atoms in total. The second-order valence-corrected chi connectivity index (χ2v) is 6.14. The van der Waals surface area contributed by atoms with Crippen LogP contribution < -0.4 is 15.4 Å². The minimum Gasteiger partial charge on any atom is -0.497 e. The maximum absolute atomic E-state index is 13.5. The molecule has 0 aliphatic heterocycles. The smallest absolute Gasteiger partial charge is 0.238 e. The van der Waals surface area contributed by atoms with Gasteiger partial charge in [-0.25, -0.2) is 4.39 Å². The monoisotopic (exact) mass is 373 g/mol. The molecule has 0 atom stereocenters. The first-order valence-electron chi connectivity index (χ1n) is 8.60. The SMILES string of the molecule is COc1cccc(NC(=O)CN(C)CC(=O)NCCc2ccccc2F)c1. The van der Waals surface area contributed by atoms with Crippen molar-refractivity contribution < 1.29 is 18.7 Å². The molecule has 0 aromatic heterocycles. The van der Waals surface area contributed by atoms with Gasteiger partial charge in [-0.3, -0.25) is 14.5 Å². The first kappa shape index (κ1) is 20.4. The molecular formula is C20H24FN3O3. The summed E-state index contributed by atoms with van der Waals surface area (Å²) < 4.78 is 18.6. The number of halogens is 1. The van der Waals surface area contributed by atoms with Crippen LogP contribution in [0.2, 0.25) is 0 Å². The summed E-state index contributed by atoms with van der Waals surface area (Å²) in [5, 5.41) is 5.49. The Balaban J connectivity index is 1.70. The lowest BCUT2D eigenvalue weighted by molar-refractivity contribution is -0.122. The van der Waals surface area contributed by atoms with E-state index in [4.69, 9.17) is 4.74 Å². The molecule has 0 unspecified atom stereocenters.